The Bertz CT molecular complexity index is 380. The van der Waals surface area contributed by atoms with Crippen LogP contribution in [0, 0.1) is 11.3 Å². The molecule has 2 fully saturated rings. The van der Waals surface area contributed by atoms with Crippen LogP contribution in [0.4, 0.5) is 0 Å². The Labute approximate surface area is 141 Å². The van der Waals surface area contributed by atoms with Gasteiger partial charge in [0.15, 0.2) is 0 Å². The first kappa shape index (κ1) is 18.7. The van der Waals surface area contributed by atoms with E-state index in [2.05, 4.69) is 31.0 Å². The summed E-state index contributed by atoms with van der Waals surface area (Å²) in [5.74, 6) is 0.627. The number of hydrogen-bond donors (Lipinski definition) is 1. The Morgan fingerprint density at radius 1 is 1.39 bits per heavy atom. The van der Waals surface area contributed by atoms with E-state index in [1.165, 1.54) is 0 Å². The highest BCUT2D eigenvalue weighted by molar-refractivity contribution is 5.78. The molecule has 0 aromatic rings. The van der Waals surface area contributed by atoms with Crippen molar-refractivity contribution in [2.45, 2.75) is 59.1 Å². The summed E-state index contributed by atoms with van der Waals surface area (Å²) in [6.07, 6.45) is 3.47. The highest BCUT2D eigenvalue weighted by Crippen LogP contribution is 2.45. The van der Waals surface area contributed by atoms with Gasteiger partial charge in [0.05, 0.1) is 19.3 Å². The van der Waals surface area contributed by atoms with Gasteiger partial charge in [-0.1, -0.05) is 20.8 Å². The van der Waals surface area contributed by atoms with Crippen LogP contribution in [-0.2, 0) is 14.3 Å². The number of carbonyl (C=O) groups is 1. The summed E-state index contributed by atoms with van der Waals surface area (Å²) >= 11 is 0. The summed E-state index contributed by atoms with van der Waals surface area (Å²) in [6.45, 7) is 13.3. The second kappa shape index (κ2) is 8.45. The van der Waals surface area contributed by atoms with Gasteiger partial charge in [-0.05, 0) is 32.7 Å². The van der Waals surface area contributed by atoms with Crippen LogP contribution in [-0.4, -0.2) is 62.4 Å². The van der Waals surface area contributed by atoms with Gasteiger partial charge in [0.25, 0.3) is 0 Å². The van der Waals surface area contributed by atoms with Crippen LogP contribution in [0.1, 0.15) is 47.0 Å². The first-order valence-electron chi connectivity index (χ1n) is 9.19. The van der Waals surface area contributed by atoms with Crippen LogP contribution < -0.4 is 5.32 Å². The molecule has 0 spiro atoms. The maximum atomic E-state index is 12.3. The van der Waals surface area contributed by atoms with Gasteiger partial charge in [0, 0.05) is 37.1 Å². The number of rotatable bonds is 9. The Morgan fingerprint density at radius 3 is 2.74 bits per heavy atom. The van der Waals surface area contributed by atoms with Crippen LogP contribution >= 0.6 is 0 Å². The van der Waals surface area contributed by atoms with Gasteiger partial charge in [-0.15, -0.1) is 0 Å². The molecule has 1 aliphatic carbocycles. The smallest absolute Gasteiger partial charge is 0.234 e. The maximum Gasteiger partial charge on any atom is 0.234 e. The lowest BCUT2D eigenvalue weighted by Gasteiger charge is -2.55. The predicted octanol–water partition coefficient (Wildman–Crippen LogP) is 2.05. The fourth-order valence-electron chi connectivity index (χ4n) is 3.84. The topological polar surface area (TPSA) is 50.8 Å². The lowest BCUT2D eigenvalue weighted by molar-refractivity contribution is -0.154. The second-order valence-corrected chi connectivity index (χ2v) is 7.52. The Balaban J connectivity index is 1.82. The molecule has 0 aromatic heterocycles. The summed E-state index contributed by atoms with van der Waals surface area (Å²) in [5.41, 5.74) is 0.116. The second-order valence-electron chi connectivity index (χ2n) is 7.52. The Morgan fingerprint density at radius 2 is 2.17 bits per heavy atom. The largest absolute Gasteiger partial charge is 0.381 e. The molecule has 3 atom stereocenters. The van der Waals surface area contributed by atoms with Crippen LogP contribution in [0.2, 0.25) is 0 Å². The first-order chi connectivity index (χ1) is 11.0. The lowest BCUT2D eigenvalue weighted by atomic mass is 9.63. The summed E-state index contributed by atoms with van der Waals surface area (Å²) < 4.78 is 11.2. The van der Waals surface area contributed by atoms with E-state index >= 15 is 0 Å². The van der Waals surface area contributed by atoms with E-state index in [0.717, 1.165) is 52.2 Å². The summed E-state index contributed by atoms with van der Waals surface area (Å²) in [7, 11) is 0. The molecule has 0 aromatic carbocycles. The number of hydrogen-bond acceptors (Lipinski definition) is 4. The van der Waals surface area contributed by atoms with Gasteiger partial charge in [-0.3, -0.25) is 9.69 Å². The number of ether oxygens (including phenoxy) is 2. The molecule has 5 heteroatoms. The minimum absolute atomic E-state index is 0.116. The first-order valence-corrected chi connectivity index (χ1v) is 9.19. The van der Waals surface area contributed by atoms with E-state index in [-0.39, 0.29) is 11.3 Å². The Hall–Kier alpha value is -0.650. The molecule has 1 saturated heterocycles. The zero-order valence-electron chi connectivity index (χ0n) is 15.3. The molecule has 1 amide bonds. The molecule has 1 heterocycles. The Kier molecular flexibility index (Phi) is 6.86. The molecule has 0 unspecified atom stereocenters. The molecule has 134 valence electrons. The molecular weight excluding hydrogens is 292 g/mol. The number of carbonyl (C=O) groups excluding carboxylic acids is 1. The summed E-state index contributed by atoms with van der Waals surface area (Å²) in [6, 6.07) is 0.430. The third kappa shape index (κ3) is 4.68. The van der Waals surface area contributed by atoms with E-state index in [1.54, 1.807) is 0 Å². The highest BCUT2D eigenvalue weighted by Gasteiger charge is 2.51. The summed E-state index contributed by atoms with van der Waals surface area (Å²) in [4.78, 5) is 14.7. The molecular formula is C18H34N2O3. The maximum absolute atomic E-state index is 12.3. The molecule has 23 heavy (non-hydrogen) atoms. The average Bonchev–Trinajstić information content (AvgIpc) is 3.02. The third-order valence-electron chi connectivity index (χ3n) is 5.40. The van der Waals surface area contributed by atoms with Crippen molar-refractivity contribution >= 4 is 5.91 Å². The van der Waals surface area contributed by atoms with Crippen molar-refractivity contribution in [3.8, 4) is 0 Å². The zero-order chi connectivity index (χ0) is 16.9. The SMILES string of the molecule is CCCN(CC(=O)NC[C@@H]1CCOC1)[C@H]1C[C@H](OCC)C1(C)C. The van der Waals surface area contributed by atoms with Crippen molar-refractivity contribution in [3.63, 3.8) is 0 Å². The molecule has 2 aliphatic rings. The van der Waals surface area contributed by atoms with Gasteiger partial charge < -0.3 is 14.8 Å². The molecule has 1 saturated carbocycles. The van der Waals surface area contributed by atoms with Gasteiger partial charge >= 0.3 is 0 Å². The van der Waals surface area contributed by atoms with Crippen molar-refractivity contribution in [3.05, 3.63) is 0 Å². The predicted molar refractivity (Wildman–Crippen MR) is 91.4 cm³/mol. The van der Waals surface area contributed by atoms with Crippen LogP contribution in [0.5, 0.6) is 0 Å². The van der Waals surface area contributed by atoms with Gasteiger partial charge in [0.2, 0.25) is 5.91 Å². The standard InChI is InChI=1S/C18H34N2O3/c1-5-8-20(15-10-16(23-6-2)18(15,3)4)12-17(21)19-11-14-7-9-22-13-14/h14-16H,5-13H2,1-4H3,(H,19,21)/t14-,15-,16-/m0/s1. The minimum Gasteiger partial charge on any atom is -0.381 e. The number of nitrogens with zero attached hydrogens (tertiary/aromatic N) is 1. The fraction of sp³-hybridized carbons (Fsp3) is 0.944. The summed E-state index contributed by atoms with van der Waals surface area (Å²) in [5, 5.41) is 3.09. The van der Waals surface area contributed by atoms with E-state index in [9.17, 15) is 4.79 Å². The van der Waals surface area contributed by atoms with E-state index in [0.29, 0.717) is 24.6 Å². The number of amides is 1. The average molecular weight is 326 g/mol. The van der Waals surface area contributed by atoms with Crippen LogP contribution in [0.3, 0.4) is 0 Å². The fourth-order valence-corrected chi connectivity index (χ4v) is 3.84. The normalized spacial score (nSPS) is 29.5. The van der Waals surface area contributed by atoms with Crippen molar-refractivity contribution in [1.82, 2.24) is 10.2 Å². The lowest BCUT2D eigenvalue weighted by Crippen LogP contribution is -2.63. The molecule has 1 N–H and O–H groups in total. The van der Waals surface area contributed by atoms with E-state index in [4.69, 9.17) is 9.47 Å². The third-order valence-corrected chi connectivity index (χ3v) is 5.40. The quantitative estimate of drug-likeness (QED) is 0.705. The van der Waals surface area contributed by atoms with Crippen molar-refractivity contribution in [2.75, 3.05) is 39.5 Å². The molecule has 5 nitrogen and oxygen atoms in total. The number of nitrogens with one attached hydrogen (secondary N) is 1. The molecule has 2 rings (SSSR count). The van der Waals surface area contributed by atoms with Gasteiger partial charge in [0.1, 0.15) is 0 Å². The van der Waals surface area contributed by atoms with E-state index < -0.39 is 0 Å². The van der Waals surface area contributed by atoms with Gasteiger partial charge in [-0.25, -0.2) is 0 Å². The highest BCUT2D eigenvalue weighted by atomic mass is 16.5. The molecule has 0 radical (unpaired) electrons. The van der Waals surface area contributed by atoms with Gasteiger partial charge in [-0.2, -0.15) is 0 Å². The minimum atomic E-state index is 0.116. The van der Waals surface area contributed by atoms with Crippen molar-refractivity contribution < 1.29 is 14.3 Å². The zero-order valence-corrected chi connectivity index (χ0v) is 15.3. The monoisotopic (exact) mass is 326 g/mol. The molecule has 1 aliphatic heterocycles. The van der Waals surface area contributed by atoms with Crippen molar-refractivity contribution in [2.24, 2.45) is 11.3 Å². The van der Waals surface area contributed by atoms with Crippen LogP contribution in [0.25, 0.3) is 0 Å². The van der Waals surface area contributed by atoms with Crippen molar-refractivity contribution in [1.29, 1.82) is 0 Å². The van der Waals surface area contributed by atoms with E-state index in [1.807, 2.05) is 6.92 Å². The molecule has 0 bridgehead atoms. The van der Waals surface area contributed by atoms with Crippen LogP contribution in [0.15, 0.2) is 0 Å².